The standard InChI is InChI=1S/C21H25N3O2S/c1-15-12-18-20(27-15)13-19(21(25)23-10-8-22(2)9-11-23)24(18)14-16-4-6-17(26-3)7-5-16/h4-7,12-13H,8-11,14H2,1-3H3. The number of aromatic nitrogens is 1. The summed E-state index contributed by atoms with van der Waals surface area (Å²) in [6.45, 7) is 6.23. The highest BCUT2D eigenvalue weighted by atomic mass is 32.1. The number of hydrogen-bond donors (Lipinski definition) is 0. The lowest BCUT2D eigenvalue weighted by atomic mass is 10.2. The highest BCUT2D eigenvalue weighted by molar-refractivity contribution is 7.19. The Morgan fingerprint density at radius 2 is 1.81 bits per heavy atom. The Balaban J connectivity index is 1.68. The van der Waals surface area contributed by atoms with E-state index in [0.29, 0.717) is 6.54 Å². The first kappa shape index (κ1) is 18.1. The van der Waals surface area contributed by atoms with Gasteiger partial charge in [-0.05, 0) is 43.8 Å². The number of nitrogens with zero attached hydrogens (tertiary/aromatic N) is 3. The van der Waals surface area contributed by atoms with Gasteiger partial charge in [0.05, 0.1) is 17.3 Å². The van der Waals surface area contributed by atoms with Gasteiger partial charge in [0.15, 0.2) is 0 Å². The van der Waals surface area contributed by atoms with Gasteiger partial charge in [-0.25, -0.2) is 0 Å². The summed E-state index contributed by atoms with van der Waals surface area (Å²) in [5.41, 5.74) is 3.09. The Kier molecular flexibility index (Phi) is 4.93. The molecule has 0 saturated carbocycles. The summed E-state index contributed by atoms with van der Waals surface area (Å²) in [5.74, 6) is 0.981. The van der Waals surface area contributed by atoms with E-state index in [0.717, 1.165) is 48.7 Å². The summed E-state index contributed by atoms with van der Waals surface area (Å²) in [6, 6.07) is 12.3. The number of carbonyl (C=O) groups is 1. The molecule has 142 valence electrons. The van der Waals surface area contributed by atoms with Crippen molar-refractivity contribution in [2.75, 3.05) is 40.3 Å². The molecule has 5 nitrogen and oxygen atoms in total. The van der Waals surface area contributed by atoms with Crippen LogP contribution in [0.25, 0.3) is 10.2 Å². The molecule has 0 spiro atoms. The van der Waals surface area contributed by atoms with E-state index in [1.54, 1.807) is 18.4 Å². The number of amides is 1. The van der Waals surface area contributed by atoms with E-state index >= 15 is 0 Å². The molecule has 1 aromatic carbocycles. The second-order valence-corrected chi connectivity index (χ2v) is 8.45. The molecule has 1 amide bonds. The molecule has 3 heterocycles. The molecule has 0 radical (unpaired) electrons. The van der Waals surface area contributed by atoms with Crippen LogP contribution in [-0.2, 0) is 6.54 Å². The fraction of sp³-hybridized carbons (Fsp3) is 0.381. The number of thiophene rings is 1. The first-order valence-corrected chi connectivity index (χ1v) is 10.1. The molecule has 0 unspecified atom stereocenters. The van der Waals surface area contributed by atoms with Crippen molar-refractivity contribution in [2.24, 2.45) is 0 Å². The van der Waals surface area contributed by atoms with E-state index in [9.17, 15) is 4.79 Å². The number of methoxy groups -OCH3 is 1. The highest BCUT2D eigenvalue weighted by Gasteiger charge is 2.25. The van der Waals surface area contributed by atoms with Gasteiger partial charge in [0, 0.05) is 37.6 Å². The molecule has 0 aliphatic carbocycles. The minimum absolute atomic E-state index is 0.137. The number of likely N-dealkylation sites (N-methyl/N-ethyl adjacent to an activating group) is 1. The third-order valence-corrected chi connectivity index (χ3v) is 6.21. The minimum atomic E-state index is 0.137. The smallest absolute Gasteiger partial charge is 0.270 e. The van der Waals surface area contributed by atoms with E-state index < -0.39 is 0 Å². The maximum atomic E-state index is 13.2. The van der Waals surface area contributed by atoms with Crippen molar-refractivity contribution in [1.82, 2.24) is 14.4 Å². The number of ether oxygens (including phenoxy) is 1. The molecule has 1 aliphatic heterocycles. The van der Waals surface area contributed by atoms with Crippen LogP contribution in [0, 0.1) is 6.92 Å². The molecule has 0 bridgehead atoms. The van der Waals surface area contributed by atoms with Crippen molar-refractivity contribution < 1.29 is 9.53 Å². The number of benzene rings is 1. The van der Waals surface area contributed by atoms with Crippen molar-refractivity contribution in [2.45, 2.75) is 13.5 Å². The SMILES string of the molecule is COc1ccc(Cn2c(C(=O)N3CCN(C)CC3)cc3sc(C)cc32)cc1. The van der Waals surface area contributed by atoms with Crippen molar-refractivity contribution in [1.29, 1.82) is 0 Å². The Morgan fingerprint density at radius 1 is 1.11 bits per heavy atom. The lowest BCUT2D eigenvalue weighted by molar-refractivity contribution is 0.0654. The van der Waals surface area contributed by atoms with Gasteiger partial charge in [0.1, 0.15) is 11.4 Å². The van der Waals surface area contributed by atoms with Crippen LogP contribution in [0.4, 0.5) is 0 Å². The van der Waals surface area contributed by atoms with Crippen LogP contribution in [0.3, 0.4) is 0 Å². The molecule has 2 aromatic heterocycles. The average Bonchev–Trinajstić information content (AvgIpc) is 3.19. The lowest BCUT2D eigenvalue weighted by Crippen LogP contribution is -2.47. The largest absolute Gasteiger partial charge is 0.497 e. The third-order valence-electron chi connectivity index (χ3n) is 5.22. The predicted octanol–water partition coefficient (Wildman–Crippen LogP) is 3.46. The van der Waals surface area contributed by atoms with E-state index in [4.69, 9.17) is 4.74 Å². The van der Waals surface area contributed by atoms with E-state index in [1.807, 2.05) is 17.0 Å². The molecule has 6 heteroatoms. The molecule has 27 heavy (non-hydrogen) atoms. The normalized spacial score (nSPS) is 15.4. The number of hydrogen-bond acceptors (Lipinski definition) is 4. The van der Waals surface area contributed by atoms with Gasteiger partial charge in [-0.1, -0.05) is 12.1 Å². The molecular formula is C21H25N3O2S. The van der Waals surface area contributed by atoms with Crippen LogP contribution >= 0.6 is 11.3 Å². The molecular weight excluding hydrogens is 358 g/mol. The average molecular weight is 384 g/mol. The van der Waals surface area contributed by atoms with Crippen molar-refractivity contribution in [3.8, 4) is 5.75 Å². The van der Waals surface area contributed by atoms with E-state index in [1.165, 1.54) is 9.58 Å². The summed E-state index contributed by atoms with van der Waals surface area (Å²) in [7, 11) is 3.78. The molecule has 3 aromatic rings. The molecule has 0 N–H and O–H groups in total. The Hall–Kier alpha value is -2.31. The summed E-state index contributed by atoms with van der Waals surface area (Å²) >= 11 is 1.75. The predicted molar refractivity (Wildman–Crippen MR) is 110 cm³/mol. The van der Waals surface area contributed by atoms with Crippen molar-refractivity contribution >= 4 is 27.5 Å². The van der Waals surface area contributed by atoms with Gasteiger partial charge >= 0.3 is 0 Å². The number of rotatable bonds is 4. The maximum Gasteiger partial charge on any atom is 0.270 e. The molecule has 1 fully saturated rings. The molecule has 1 saturated heterocycles. The van der Waals surface area contributed by atoms with Gasteiger partial charge in [-0.3, -0.25) is 4.79 Å². The van der Waals surface area contributed by atoms with Crippen molar-refractivity contribution in [3.05, 3.63) is 52.5 Å². The van der Waals surface area contributed by atoms with Gasteiger partial charge < -0.3 is 19.1 Å². The van der Waals surface area contributed by atoms with E-state index in [-0.39, 0.29) is 5.91 Å². The quantitative estimate of drug-likeness (QED) is 0.692. The summed E-state index contributed by atoms with van der Waals surface area (Å²) < 4.78 is 8.61. The summed E-state index contributed by atoms with van der Waals surface area (Å²) in [5, 5.41) is 0. The summed E-state index contributed by atoms with van der Waals surface area (Å²) in [6.07, 6.45) is 0. The zero-order valence-corrected chi connectivity index (χ0v) is 16.9. The second-order valence-electron chi connectivity index (χ2n) is 7.17. The molecule has 1 aliphatic rings. The Labute approximate surface area is 163 Å². The number of fused-ring (bicyclic) bond motifs is 1. The van der Waals surface area contributed by atoms with Crippen LogP contribution in [0.15, 0.2) is 36.4 Å². The lowest BCUT2D eigenvalue weighted by Gasteiger charge is -2.32. The maximum absolute atomic E-state index is 13.2. The number of piperazine rings is 1. The Morgan fingerprint density at radius 3 is 2.48 bits per heavy atom. The fourth-order valence-electron chi connectivity index (χ4n) is 3.60. The fourth-order valence-corrected chi connectivity index (χ4v) is 4.56. The zero-order valence-electron chi connectivity index (χ0n) is 16.1. The minimum Gasteiger partial charge on any atom is -0.497 e. The third kappa shape index (κ3) is 3.59. The van der Waals surface area contributed by atoms with Gasteiger partial charge in [0.2, 0.25) is 0 Å². The van der Waals surface area contributed by atoms with Gasteiger partial charge in [-0.2, -0.15) is 0 Å². The topological polar surface area (TPSA) is 37.7 Å². The van der Waals surface area contributed by atoms with Gasteiger partial charge in [-0.15, -0.1) is 11.3 Å². The second kappa shape index (κ2) is 7.37. The molecule has 0 atom stereocenters. The highest BCUT2D eigenvalue weighted by Crippen LogP contribution is 2.30. The Bertz CT molecular complexity index is 950. The first-order valence-electron chi connectivity index (χ1n) is 9.25. The van der Waals surface area contributed by atoms with E-state index in [2.05, 4.69) is 47.7 Å². The number of carbonyl (C=O) groups excluding carboxylic acids is 1. The van der Waals surface area contributed by atoms with Crippen LogP contribution in [0.5, 0.6) is 5.75 Å². The van der Waals surface area contributed by atoms with Crippen LogP contribution in [0.2, 0.25) is 0 Å². The van der Waals surface area contributed by atoms with Crippen LogP contribution in [-0.4, -0.2) is 60.6 Å². The zero-order chi connectivity index (χ0) is 19.0. The van der Waals surface area contributed by atoms with Gasteiger partial charge in [0.25, 0.3) is 5.91 Å². The summed E-state index contributed by atoms with van der Waals surface area (Å²) in [4.78, 5) is 18.8. The molecule has 4 rings (SSSR count). The number of aryl methyl sites for hydroxylation is 1. The van der Waals surface area contributed by atoms with Crippen LogP contribution < -0.4 is 4.74 Å². The van der Waals surface area contributed by atoms with Crippen LogP contribution in [0.1, 0.15) is 20.9 Å². The monoisotopic (exact) mass is 383 g/mol. The first-order chi connectivity index (χ1) is 13.0. The van der Waals surface area contributed by atoms with Crippen molar-refractivity contribution in [3.63, 3.8) is 0 Å².